The molecular formula is C14H26N2O. The van der Waals surface area contributed by atoms with E-state index in [1.165, 1.54) is 32.1 Å². The highest BCUT2D eigenvalue weighted by Gasteiger charge is 2.24. The van der Waals surface area contributed by atoms with Crippen molar-refractivity contribution < 1.29 is 4.79 Å². The zero-order valence-corrected chi connectivity index (χ0v) is 11.0. The minimum atomic E-state index is 0.218. The van der Waals surface area contributed by atoms with Crippen LogP contribution < -0.4 is 10.6 Å². The van der Waals surface area contributed by atoms with Crippen LogP contribution in [0.5, 0.6) is 0 Å². The minimum absolute atomic E-state index is 0.218. The molecule has 1 aliphatic heterocycles. The van der Waals surface area contributed by atoms with E-state index in [4.69, 9.17) is 0 Å². The Morgan fingerprint density at radius 2 is 1.94 bits per heavy atom. The third kappa shape index (κ3) is 3.98. The van der Waals surface area contributed by atoms with E-state index in [0.29, 0.717) is 18.5 Å². The van der Waals surface area contributed by atoms with Crippen LogP contribution in [0.25, 0.3) is 0 Å². The van der Waals surface area contributed by atoms with Gasteiger partial charge >= 0.3 is 0 Å². The molecule has 0 aromatic heterocycles. The zero-order valence-electron chi connectivity index (χ0n) is 11.0. The lowest BCUT2D eigenvalue weighted by molar-refractivity contribution is -0.121. The first kappa shape index (κ1) is 12.9. The fourth-order valence-corrected chi connectivity index (χ4v) is 3.26. The van der Waals surface area contributed by atoms with Crippen LogP contribution in [0.4, 0.5) is 0 Å². The van der Waals surface area contributed by atoms with Gasteiger partial charge in [0.25, 0.3) is 0 Å². The number of hydrogen-bond donors (Lipinski definition) is 2. The Hall–Kier alpha value is -0.570. The van der Waals surface area contributed by atoms with Crippen LogP contribution in [0.3, 0.4) is 0 Å². The summed E-state index contributed by atoms with van der Waals surface area (Å²) in [5, 5.41) is 6.65. The van der Waals surface area contributed by atoms with E-state index < -0.39 is 0 Å². The van der Waals surface area contributed by atoms with Gasteiger partial charge in [0.2, 0.25) is 5.91 Å². The van der Waals surface area contributed by atoms with Gasteiger partial charge in [0.05, 0.1) is 0 Å². The summed E-state index contributed by atoms with van der Waals surface area (Å²) in [7, 11) is 0. The van der Waals surface area contributed by atoms with Gasteiger partial charge in [0.15, 0.2) is 0 Å². The van der Waals surface area contributed by atoms with Crippen molar-refractivity contribution in [3.8, 4) is 0 Å². The summed E-state index contributed by atoms with van der Waals surface area (Å²) in [5.74, 6) is 1.05. The van der Waals surface area contributed by atoms with Crippen LogP contribution in [0, 0.1) is 5.92 Å². The summed E-state index contributed by atoms with van der Waals surface area (Å²) < 4.78 is 0. The van der Waals surface area contributed by atoms with Crippen molar-refractivity contribution >= 4 is 5.91 Å². The fourth-order valence-electron chi connectivity index (χ4n) is 3.26. The molecular weight excluding hydrogens is 212 g/mol. The molecule has 2 fully saturated rings. The molecule has 1 heterocycles. The van der Waals surface area contributed by atoms with Gasteiger partial charge < -0.3 is 10.6 Å². The molecule has 3 heteroatoms. The van der Waals surface area contributed by atoms with Gasteiger partial charge in [-0.15, -0.1) is 0 Å². The maximum atomic E-state index is 11.5. The average Bonchev–Trinajstić information content (AvgIpc) is 2.55. The Bertz CT molecular complexity index is 249. The second-order valence-corrected chi connectivity index (χ2v) is 5.75. The number of amides is 1. The molecule has 1 saturated carbocycles. The van der Waals surface area contributed by atoms with Crippen LogP contribution in [-0.2, 0) is 4.79 Å². The van der Waals surface area contributed by atoms with Crippen molar-refractivity contribution in [3.05, 3.63) is 0 Å². The van der Waals surface area contributed by atoms with Crippen molar-refractivity contribution in [3.63, 3.8) is 0 Å². The largest absolute Gasteiger partial charge is 0.356 e. The second-order valence-electron chi connectivity index (χ2n) is 5.75. The molecule has 1 aliphatic carbocycles. The molecule has 17 heavy (non-hydrogen) atoms. The topological polar surface area (TPSA) is 41.1 Å². The van der Waals surface area contributed by atoms with Gasteiger partial charge in [-0.3, -0.25) is 4.79 Å². The summed E-state index contributed by atoms with van der Waals surface area (Å²) in [6, 6.07) is 0.973. The van der Waals surface area contributed by atoms with Gasteiger partial charge in [0.1, 0.15) is 0 Å². The van der Waals surface area contributed by atoms with E-state index in [1.807, 2.05) is 0 Å². The number of carbonyl (C=O) groups excluding carboxylic acids is 1. The lowest BCUT2D eigenvalue weighted by Crippen LogP contribution is -2.42. The highest BCUT2D eigenvalue weighted by atomic mass is 16.1. The van der Waals surface area contributed by atoms with E-state index in [0.717, 1.165) is 25.3 Å². The van der Waals surface area contributed by atoms with Crippen molar-refractivity contribution in [1.82, 2.24) is 10.6 Å². The molecule has 0 bridgehead atoms. The Morgan fingerprint density at radius 3 is 2.71 bits per heavy atom. The van der Waals surface area contributed by atoms with Gasteiger partial charge in [-0.05, 0) is 38.5 Å². The summed E-state index contributed by atoms with van der Waals surface area (Å²) >= 11 is 0. The molecule has 2 atom stereocenters. The van der Waals surface area contributed by atoms with Crippen LogP contribution in [0.2, 0.25) is 0 Å². The predicted molar refractivity (Wildman–Crippen MR) is 69.8 cm³/mol. The van der Waals surface area contributed by atoms with Crippen LogP contribution in [-0.4, -0.2) is 24.5 Å². The monoisotopic (exact) mass is 238 g/mol. The Kier molecular flexibility index (Phi) is 4.84. The molecule has 0 spiro atoms. The van der Waals surface area contributed by atoms with E-state index in [1.54, 1.807) is 0 Å². The van der Waals surface area contributed by atoms with E-state index in [9.17, 15) is 4.79 Å². The maximum Gasteiger partial charge on any atom is 0.221 e. The first-order valence-electron chi connectivity index (χ1n) is 7.28. The molecule has 1 unspecified atom stereocenters. The molecule has 1 amide bonds. The zero-order chi connectivity index (χ0) is 12.1. The Labute approximate surface area is 105 Å². The predicted octanol–water partition coefficient (Wildman–Crippen LogP) is 2.21. The van der Waals surface area contributed by atoms with E-state index in [2.05, 4.69) is 17.6 Å². The van der Waals surface area contributed by atoms with Crippen LogP contribution in [0.15, 0.2) is 0 Å². The first-order chi connectivity index (χ1) is 8.25. The van der Waals surface area contributed by atoms with Crippen molar-refractivity contribution in [2.45, 2.75) is 70.4 Å². The summed E-state index contributed by atoms with van der Waals surface area (Å²) in [4.78, 5) is 11.5. The molecule has 2 N–H and O–H groups in total. The van der Waals surface area contributed by atoms with Crippen LogP contribution >= 0.6 is 0 Å². The molecule has 2 rings (SSSR count). The molecule has 0 radical (unpaired) electrons. The van der Waals surface area contributed by atoms with Crippen molar-refractivity contribution in [1.29, 1.82) is 0 Å². The number of rotatable bonds is 3. The Balaban J connectivity index is 1.79. The fraction of sp³-hybridized carbons (Fsp3) is 0.929. The summed E-state index contributed by atoms with van der Waals surface area (Å²) in [6.07, 6.45) is 9.84. The van der Waals surface area contributed by atoms with Gasteiger partial charge in [-0.2, -0.15) is 0 Å². The lowest BCUT2D eigenvalue weighted by atomic mass is 9.84. The quantitative estimate of drug-likeness (QED) is 0.791. The SMILES string of the molecule is C[C@H](NC1CCCNC(=O)C1)C1CCCCC1. The van der Waals surface area contributed by atoms with Gasteiger partial charge in [0, 0.05) is 25.0 Å². The van der Waals surface area contributed by atoms with Crippen LogP contribution in [0.1, 0.15) is 58.3 Å². The number of hydrogen-bond acceptors (Lipinski definition) is 2. The van der Waals surface area contributed by atoms with Crippen molar-refractivity contribution in [2.75, 3.05) is 6.54 Å². The average molecular weight is 238 g/mol. The van der Waals surface area contributed by atoms with E-state index >= 15 is 0 Å². The summed E-state index contributed by atoms with van der Waals surface area (Å²) in [6.45, 7) is 3.16. The van der Waals surface area contributed by atoms with Gasteiger partial charge in [-0.25, -0.2) is 0 Å². The third-order valence-corrected chi connectivity index (χ3v) is 4.34. The Morgan fingerprint density at radius 1 is 1.18 bits per heavy atom. The molecule has 2 aliphatic rings. The number of nitrogens with one attached hydrogen (secondary N) is 2. The summed E-state index contributed by atoms with van der Waals surface area (Å²) in [5.41, 5.74) is 0. The normalized spacial score (nSPS) is 29.5. The van der Waals surface area contributed by atoms with Crippen molar-refractivity contribution in [2.24, 2.45) is 5.92 Å². The standard InChI is InChI=1S/C14H26N2O/c1-11(12-6-3-2-4-7-12)16-13-8-5-9-15-14(17)10-13/h11-13,16H,2-10H2,1H3,(H,15,17)/t11-,13?/m0/s1. The molecule has 3 nitrogen and oxygen atoms in total. The molecule has 0 aromatic rings. The second kappa shape index (κ2) is 6.39. The maximum absolute atomic E-state index is 11.5. The van der Waals surface area contributed by atoms with E-state index in [-0.39, 0.29) is 5.91 Å². The molecule has 0 aromatic carbocycles. The molecule has 1 saturated heterocycles. The smallest absolute Gasteiger partial charge is 0.221 e. The highest BCUT2D eigenvalue weighted by Crippen LogP contribution is 2.26. The minimum Gasteiger partial charge on any atom is -0.356 e. The first-order valence-corrected chi connectivity index (χ1v) is 7.28. The lowest BCUT2D eigenvalue weighted by Gasteiger charge is -2.31. The number of carbonyl (C=O) groups is 1. The highest BCUT2D eigenvalue weighted by molar-refractivity contribution is 5.76. The van der Waals surface area contributed by atoms with Gasteiger partial charge in [-0.1, -0.05) is 19.3 Å². The molecule has 98 valence electrons. The third-order valence-electron chi connectivity index (χ3n) is 4.34.